The fraction of sp³-hybridized carbons (Fsp3) is 0.600. The summed E-state index contributed by atoms with van der Waals surface area (Å²) in [6.07, 6.45) is -2.05. The second-order valence-electron chi connectivity index (χ2n) is 7.55. The third-order valence-corrected chi connectivity index (χ3v) is 5.57. The number of hydrogen-bond donors (Lipinski definition) is 0. The van der Waals surface area contributed by atoms with Crippen LogP contribution in [0.3, 0.4) is 0 Å². The minimum Gasteiger partial charge on any atom is -0.330 e. The largest absolute Gasteiger partial charge is 0.406 e. The highest BCUT2D eigenvalue weighted by molar-refractivity contribution is 6.00. The van der Waals surface area contributed by atoms with E-state index >= 15 is 0 Å². The molecule has 1 aromatic rings. The van der Waals surface area contributed by atoms with Gasteiger partial charge in [0.25, 0.3) is 0 Å². The summed E-state index contributed by atoms with van der Waals surface area (Å²) in [6.45, 7) is 2.55. The van der Waals surface area contributed by atoms with Gasteiger partial charge in [0.2, 0.25) is 11.8 Å². The number of carbonyl (C=O) groups excluding carboxylic acids is 2. The van der Waals surface area contributed by atoms with E-state index in [0.29, 0.717) is 0 Å². The van der Waals surface area contributed by atoms with Gasteiger partial charge in [-0.15, -0.1) is 0 Å². The van der Waals surface area contributed by atoms with Crippen LogP contribution in [0.2, 0.25) is 0 Å². The maximum absolute atomic E-state index is 13.0. The van der Waals surface area contributed by atoms with E-state index in [9.17, 15) is 22.8 Å². The molecule has 0 radical (unpaired) electrons. The molecule has 1 saturated carbocycles. The molecule has 1 heterocycles. The number of benzene rings is 1. The molecule has 0 unspecified atom stereocenters. The van der Waals surface area contributed by atoms with Crippen molar-refractivity contribution in [2.75, 3.05) is 18.0 Å². The van der Waals surface area contributed by atoms with Gasteiger partial charge in [0, 0.05) is 24.7 Å². The van der Waals surface area contributed by atoms with Crippen LogP contribution in [0.5, 0.6) is 0 Å². The number of halogens is 3. The number of para-hydroxylation sites is 1. The van der Waals surface area contributed by atoms with Crippen LogP contribution in [0.1, 0.15) is 38.7 Å². The smallest absolute Gasteiger partial charge is 0.330 e. The third kappa shape index (κ3) is 4.45. The van der Waals surface area contributed by atoms with Crippen LogP contribution < -0.4 is 4.90 Å². The van der Waals surface area contributed by atoms with E-state index in [2.05, 4.69) is 0 Å². The maximum Gasteiger partial charge on any atom is 0.406 e. The lowest BCUT2D eigenvalue weighted by Gasteiger charge is -2.32. The fourth-order valence-corrected chi connectivity index (χ4v) is 3.86. The topological polar surface area (TPSA) is 40.6 Å². The lowest BCUT2D eigenvalue weighted by molar-refractivity contribution is -0.168. The zero-order valence-electron chi connectivity index (χ0n) is 15.6. The zero-order valence-corrected chi connectivity index (χ0v) is 15.6. The van der Waals surface area contributed by atoms with E-state index in [-0.39, 0.29) is 24.8 Å². The van der Waals surface area contributed by atoms with Gasteiger partial charge in [0.1, 0.15) is 6.54 Å². The molecule has 148 valence electrons. The first-order chi connectivity index (χ1) is 12.7. The van der Waals surface area contributed by atoms with Crippen LogP contribution in [0, 0.1) is 11.8 Å². The van der Waals surface area contributed by atoms with E-state index in [1.807, 2.05) is 31.2 Å². The van der Waals surface area contributed by atoms with Crippen molar-refractivity contribution in [3.05, 3.63) is 29.8 Å². The molecule has 0 aromatic heterocycles. The summed E-state index contributed by atoms with van der Waals surface area (Å²) < 4.78 is 39.1. The lowest BCUT2D eigenvalue weighted by Crippen LogP contribution is -2.48. The van der Waals surface area contributed by atoms with Crippen molar-refractivity contribution in [1.29, 1.82) is 0 Å². The highest BCUT2D eigenvalue weighted by Crippen LogP contribution is 2.38. The van der Waals surface area contributed by atoms with Crippen molar-refractivity contribution >= 4 is 17.5 Å². The Balaban J connectivity index is 1.78. The Bertz CT molecular complexity index is 715. The second kappa shape index (κ2) is 7.52. The molecule has 1 aromatic carbocycles. The summed E-state index contributed by atoms with van der Waals surface area (Å²) in [7, 11) is 0. The van der Waals surface area contributed by atoms with Crippen molar-refractivity contribution < 1.29 is 22.8 Å². The molecule has 4 nitrogen and oxygen atoms in total. The first-order valence-corrected chi connectivity index (χ1v) is 9.46. The number of carbonyl (C=O) groups is 2. The van der Waals surface area contributed by atoms with Crippen LogP contribution in [0.15, 0.2) is 24.3 Å². The molecular weight excluding hydrogens is 357 g/mol. The predicted octanol–water partition coefficient (Wildman–Crippen LogP) is 3.79. The fourth-order valence-electron chi connectivity index (χ4n) is 3.86. The first kappa shape index (κ1) is 19.7. The van der Waals surface area contributed by atoms with Gasteiger partial charge in [-0.05, 0) is 43.7 Å². The number of amides is 2. The molecule has 0 bridgehead atoms. The van der Waals surface area contributed by atoms with Gasteiger partial charge in [-0.25, -0.2) is 0 Å². The number of alkyl halides is 3. The molecule has 3 rings (SSSR count). The number of rotatable bonds is 6. The molecular formula is C20H25F3N2O2. The highest BCUT2D eigenvalue weighted by Gasteiger charge is 2.45. The predicted molar refractivity (Wildman–Crippen MR) is 96.2 cm³/mol. The molecule has 2 amide bonds. The van der Waals surface area contributed by atoms with Gasteiger partial charge in [-0.2, -0.15) is 13.2 Å². The first-order valence-electron chi connectivity index (χ1n) is 9.46. The van der Waals surface area contributed by atoms with Gasteiger partial charge < -0.3 is 9.80 Å². The Labute approximate surface area is 157 Å². The molecule has 1 aliphatic heterocycles. The highest BCUT2D eigenvalue weighted by atomic mass is 19.4. The minimum atomic E-state index is -4.45. The molecule has 1 saturated heterocycles. The van der Waals surface area contributed by atoms with Crippen molar-refractivity contribution in [2.24, 2.45) is 11.8 Å². The molecule has 7 heteroatoms. The summed E-state index contributed by atoms with van der Waals surface area (Å²) >= 11 is 0. The molecule has 2 aliphatic rings. The van der Waals surface area contributed by atoms with Crippen molar-refractivity contribution in [3.63, 3.8) is 0 Å². The Morgan fingerprint density at radius 3 is 2.56 bits per heavy atom. The Kier molecular flexibility index (Phi) is 5.49. The molecule has 0 N–H and O–H groups in total. The molecule has 0 spiro atoms. The summed E-state index contributed by atoms with van der Waals surface area (Å²) in [6, 6.07) is 6.99. The number of anilines is 1. The van der Waals surface area contributed by atoms with E-state index in [1.54, 1.807) is 11.8 Å². The van der Waals surface area contributed by atoms with Crippen LogP contribution in [-0.2, 0) is 16.0 Å². The van der Waals surface area contributed by atoms with Crippen LogP contribution in [0.25, 0.3) is 0 Å². The Morgan fingerprint density at radius 1 is 1.30 bits per heavy atom. The molecule has 27 heavy (non-hydrogen) atoms. The van der Waals surface area contributed by atoms with Gasteiger partial charge in [0.05, 0.1) is 5.92 Å². The summed E-state index contributed by atoms with van der Waals surface area (Å²) in [5, 5.41) is 0. The third-order valence-electron chi connectivity index (χ3n) is 5.57. The van der Waals surface area contributed by atoms with Gasteiger partial charge >= 0.3 is 6.18 Å². The summed E-state index contributed by atoms with van der Waals surface area (Å²) in [5.41, 5.74) is 1.73. The quantitative estimate of drug-likeness (QED) is 0.751. The normalized spacial score (nSPS) is 21.4. The van der Waals surface area contributed by atoms with Crippen LogP contribution in [0.4, 0.5) is 18.9 Å². The number of aryl methyl sites for hydroxylation is 1. The zero-order chi connectivity index (χ0) is 19.8. The summed E-state index contributed by atoms with van der Waals surface area (Å²) in [4.78, 5) is 27.9. The number of nitrogens with zero attached hydrogens (tertiary/aromatic N) is 2. The Morgan fingerprint density at radius 2 is 1.96 bits per heavy atom. The molecule has 2 fully saturated rings. The average Bonchev–Trinajstić information content (AvgIpc) is 3.40. The Hall–Kier alpha value is -2.05. The maximum atomic E-state index is 13.0. The van der Waals surface area contributed by atoms with E-state index in [1.165, 1.54) is 0 Å². The standard InChI is InChI=1S/C20H25F3N2O2/c1-3-14-6-4-5-7-17(14)24-11-16(10-18(24)26)19(27)25(12-20(21,22)23)13(2)15-8-9-15/h4-7,13,15-16H,3,8-12H2,1-2H3/t13-,16-/m1/s1. The van der Waals surface area contributed by atoms with Crippen molar-refractivity contribution in [1.82, 2.24) is 4.90 Å². The van der Waals surface area contributed by atoms with E-state index < -0.39 is 30.6 Å². The monoisotopic (exact) mass is 382 g/mol. The SMILES string of the molecule is CCc1ccccc1N1C[C@H](C(=O)N(CC(F)(F)F)[C@H](C)C2CC2)CC1=O. The van der Waals surface area contributed by atoms with E-state index in [0.717, 1.165) is 35.4 Å². The summed E-state index contributed by atoms with van der Waals surface area (Å²) in [5.74, 6) is -1.37. The van der Waals surface area contributed by atoms with Gasteiger partial charge in [0.15, 0.2) is 0 Å². The van der Waals surface area contributed by atoms with Crippen molar-refractivity contribution in [2.45, 2.75) is 51.7 Å². The van der Waals surface area contributed by atoms with Crippen LogP contribution in [-0.4, -0.2) is 42.0 Å². The second-order valence-corrected chi connectivity index (χ2v) is 7.55. The molecule has 2 atom stereocenters. The van der Waals surface area contributed by atoms with Gasteiger partial charge in [-0.1, -0.05) is 25.1 Å². The van der Waals surface area contributed by atoms with Crippen LogP contribution >= 0.6 is 0 Å². The number of hydrogen-bond acceptors (Lipinski definition) is 2. The minimum absolute atomic E-state index is 0.0391. The lowest BCUT2D eigenvalue weighted by atomic mass is 10.0. The van der Waals surface area contributed by atoms with Gasteiger partial charge in [-0.3, -0.25) is 9.59 Å². The molecule has 1 aliphatic carbocycles. The average molecular weight is 382 g/mol. The van der Waals surface area contributed by atoms with E-state index in [4.69, 9.17) is 0 Å². The van der Waals surface area contributed by atoms with Crippen molar-refractivity contribution in [3.8, 4) is 0 Å².